The van der Waals surface area contributed by atoms with E-state index in [4.69, 9.17) is 32.4 Å². The summed E-state index contributed by atoms with van der Waals surface area (Å²) in [6.45, 7) is 11.5. The van der Waals surface area contributed by atoms with Crippen LogP contribution in [0.1, 0.15) is 83.1 Å². The smallest absolute Gasteiger partial charge is 0.407 e. The van der Waals surface area contributed by atoms with Crippen molar-refractivity contribution in [1.29, 1.82) is 0 Å². The summed E-state index contributed by atoms with van der Waals surface area (Å²) in [5, 5.41) is 9.11. The second kappa shape index (κ2) is 26.0. The standard InChI is InChI=1S/C35H50N6O6.C18H20N2O2/c1-34(2,3)46-24-16-14-22(15-17-24)19-26(36)31(43)40-28(13-9-10-18-38-33(45)47-35(4,5)6)32(44)41-29(30(37)42)20-23-21-39-27-12-8-7-11-25(23)27;19-17(11-21)9-13-1-5-15(6-2-13)16-7-3-14(4-8-16)10-18(20)12-22/h7-8,11-12,14-17,21,26,28-29,39H,9-10,13,18-20,36H2,1-6H3,(H2,37,42)(H,38,45)(H,40,43)(H,41,44);1-8,11-12,17-18H,9-10,19-20H2/t26-,28-,29-;17-,18-/m00/s1. The fourth-order valence-electron chi connectivity index (χ4n) is 7.24. The van der Waals surface area contributed by atoms with E-state index in [0.717, 1.165) is 56.9 Å². The number of ether oxygens (including phenoxy) is 2. The molecule has 5 rings (SSSR count). The highest BCUT2D eigenvalue weighted by Crippen LogP contribution is 2.23. The Balaban J connectivity index is 0.000000391. The minimum Gasteiger partial charge on any atom is -0.488 e. The predicted molar refractivity (Wildman–Crippen MR) is 269 cm³/mol. The first kappa shape index (κ1) is 54.7. The fourth-order valence-corrected chi connectivity index (χ4v) is 7.24. The number of amides is 4. The highest BCUT2D eigenvalue weighted by atomic mass is 16.6. The lowest BCUT2D eigenvalue weighted by Gasteiger charge is -2.24. The summed E-state index contributed by atoms with van der Waals surface area (Å²) in [6, 6.07) is 27.1. The van der Waals surface area contributed by atoms with Gasteiger partial charge < -0.3 is 62.9 Å². The third kappa shape index (κ3) is 19.3. The van der Waals surface area contributed by atoms with Gasteiger partial charge in [0.1, 0.15) is 41.6 Å². The normalized spacial score (nSPS) is 13.6. The molecule has 0 radical (unpaired) electrons. The maximum absolute atomic E-state index is 13.6. The molecule has 5 aromatic rings. The van der Waals surface area contributed by atoms with Gasteiger partial charge in [0.05, 0.1) is 18.1 Å². The van der Waals surface area contributed by atoms with Crippen molar-refractivity contribution in [1.82, 2.24) is 20.9 Å². The van der Waals surface area contributed by atoms with Crippen LogP contribution in [0, 0.1) is 0 Å². The summed E-state index contributed by atoms with van der Waals surface area (Å²) in [6.07, 6.45) is 5.49. The Morgan fingerprint density at radius 1 is 0.638 bits per heavy atom. The van der Waals surface area contributed by atoms with E-state index in [-0.39, 0.29) is 24.9 Å². The molecule has 1 aromatic heterocycles. The lowest BCUT2D eigenvalue weighted by molar-refractivity contribution is -0.131. The number of alkyl carbamates (subject to hydrolysis) is 1. The minimum absolute atomic E-state index is 0.167. The number of hydrogen-bond donors (Lipinski definition) is 8. The highest BCUT2D eigenvalue weighted by Gasteiger charge is 2.28. The number of carbonyl (C=O) groups is 6. The average molecular weight is 947 g/mol. The van der Waals surface area contributed by atoms with Crippen LogP contribution in [0.3, 0.4) is 0 Å². The van der Waals surface area contributed by atoms with Crippen LogP contribution >= 0.6 is 0 Å². The summed E-state index contributed by atoms with van der Waals surface area (Å²) in [7, 11) is 0. The van der Waals surface area contributed by atoms with E-state index in [9.17, 15) is 28.8 Å². The zero-order valence-electron chi connectivity index (χ0n) is 40.6. The number of aromatic nitrogens is 1. The van der Waals surface area contributed by atoms with Crippen LogP contribution in [0.4, 0.5) is 4.79 Å². The zero-order chi connectivity index (χ0) is 50.7. The van der Waals surface area contributed by atoms with Gasteiger partial charge in [-0.25, -0.2) is 4.79 Å². The first-order chi connectivity index (χ1) is 32.6. The Morgan fingerprint density at radius 2 is 1.16 bits per heavy atom. The summed E-state index contributed by atoms with van der Waals surface area (Å²) in [5.41, 5.74) is 29.1. The molecule has 16 heteroatoms. The van der Waals surface area contributed by atoms with Gasteiger partial charge in [-0.2, -0.15) is 0 Å². The molecule has 0 fully saturated rings. The van der Waals surface area contributed by atoms with E-state index in [1.807, 2.05) is 118 Å². The zero-order valence-corrected chi connectivity index (χ0v) is 40.6. The number of benzene rings is 4. The number of para-hydroxylation sites is 1. The molecule has 12 N–H and O–H groups in total. The van der Waals surface area contributed by atoms with E-state index in [2.05, 4.69) is 20.9 Å². The average Bonchev–Trinajstić information content (AvgIpc) is 3.70. The van der Waals surface area contributed by atoms with Gasteiger partial charge >= 0.3 is 6.09 Å². The molecule has 0 saturated carbocycles. The number of unbranched alkanes of at least 4 members (excludes halogenated alkanes) is 1. The molecule has 0 unspecified atom stereocenters. The van der Waals surface area contributed by atoms with E-state index in [1.54, 1.807) is 27.0 Å². The first-order valence-electron chi connectivity index (χ1n) is 23.2. The Morgan fingerprint density at radius 3 is 1.68 bits per heavy atom. The van der Waals surface area contributed by atoms with Gasteiger partial charge in [-0.05, 0) is 132 Å². The molecule has 16 nitrogen and oxygen atoms in total. The number of primary amides is 1. The van der Waals surface area contributed by atoms with Crippen LogP contribution in [-0.4, -0.2) is 89.3 Å². The fraction of sp³-hybridized carbons (Fsp3) is 0.396. The number of rotatable bonds is 22. The maximum atomic E-state index is 13.6. The third-order valence-corrected chi connectivity index (χ3v) is 10.7. The Bertz CT molecular complexity index is 2380. The second-order valence-electron chi connectivity index (χ2n) is 19.1. The molecule has 0 bridgehead atoms. The van der Waals surface area contributed by atoms with Crippen molar-refractivity contribution in [2.24, 2.45) is 22.9 Å². The lowest BCUT2D eigenvalue weighted by Crippen LogP contribution is -2.56. The van der Waals surface area contributed by atoms with E-state index < -0.39 is 59.6 Å². The summed E-state index contributed by atoms with van der Waals surface area (Å²) >= 11 is 0. The molecule has 0 spiro atoms. The summed E-state index contributed by atoms with van der Waals surface area (Å²) in [4.78, 5) is 75.5. The highest BCUT2D eigenvalue weighted by molar-refractivity contribution is 5.93. The molecule has 0 aliphatic rings. The summed E-state index contributed by atoms with van der Waals surface area (Å²) < 4.78 is 11.1. The molecular weight excluding hydrogens is 877 g/mol. The molecule has 370 valence electrons. The van der Waals surface area contributed by atoms with Crippen LogP contribution in [0.2, 0.25) is 0 Å². The number of nitrogens with two attached hydrogens (primary N) is 4. The van der Waals surface area contributed by atoms with Gasteiger partial charge in [0.2, 0.25) is 17.7 Å². The number of aldehydes is 2. The van der Waals surface area contributed by atoms with Crippen molar-refractivity contribution in [3.05, 3.63) is 126 Å². The molecule has 5 atom stereocenters. The second-order valence-corrected chi connectivity index (χ2v) is 19.1. The molecule has 0 saturated heterocycles. The maximum Gasteiger partial charge on any atom is 0.407 e. The Kier molecular flexibility index (Phi) is 20.6. The van der Waals surface area contributed by atoms with Gasteiger partial charge in [0.15, 0.2) is 0 Å². The number of aromatic amines is 1. The molecule has 4 amide bonds. The Labute approximate surface area is 405 Å². The van der Waals surface area contributed by atoms with Gasteiger partial charge in [-0.15, -0.1) is 0 Å². The lowest BCUT2D eigenvalue weighted by atomic mass is 9.99. The third-order valence-electron chi connectivity index (χ3n) is 10.7. The number of hydrogen-bond acceptors (Lipinski definition) is 11. The van der Waals surface area contributed by atoms with Crippen molar-refractivity contribution >= 4 is 47.3 Å². The predicted octanol–water partition coefficient (Wildman–Crippen LogP) is 5.10. The number of nitrogens with one attached hydrogen (secondary N) is 4. The van der Waals surface area contributed by atoms with Crippen molar-refractivity contribution in [3.8, 4) is 16.9 Å². The quantitative estimate of drug-likeness (QED) is 0.0334. The topological polar surface area (TPSA) is 277 Å². The van der Waals surface area contributed by atoms with Crippen molar-refractivity contribution in [2.45, 2.75) is 128 Å². The SMILES string of the molecule is CC(C)(C)OC(=O)NCCCC[C@H](NC(=O)[C@@H](N)Cc1ccc(OC(C)(C)C)cc1)C(=O)N[C@@H](Cc1c[nH]c2ccccc12)C(N)=O.N[C@H](C=O)Cc1ccc(-c2ccc(C[C@H](N)C=O)cc2)cc1. The van der Waals surface area contributed by atoms with Crippen molar-refractivity contribution < 1.29 is 38.2 Å². The van der Waals surface area contributed by atoms with E-state index >= 15 is 0 Å². The van der Waals surface area contributed by atoms with Gasteiger partial charge in [-0.1, -0.05) is 78.9 Å². The van der Waals surface area contributed by atoms with Gasteiger partial charge in [0.25, 0.3) is 0 Å². The van der Waals surface area contributed by atoms with Crippen molar-refractivity contribution in [2.75, 3.05) is 6.54 Å². The van der Waals surface area contributed by atoms with Crippen LogP contribution in [0.5, 0.6) is 5.75 Å². The largest absolute Gasteiger partial charge is 0.488 e. The number of carbonyl (C=O) groups excluding carboxylic acids is 6. The van der Waals surface area contributed by atoms with Crippen LogP contribution in [0.15, 0.2) is 103 Å². The van der Waals surface area contributed by atoms with E-state index in [0.29, 0.717) is 38.0 Å². The molecule has 69 heavy (non-hydrogen) atoms. The van der Waals surface area contributed by atoms with Gasteiger partial charge in [0, 0.05) is 30.1 Å². The monoisotopic (exact) mass is 947 g/mol. The van der Waals surface area contributed by atoms with Crippen LogP contribution in [0.25, 0.3) is 22.0 Å². The van der Waals surface area contributed by atoms with E-state index in [1.165, 1.54) is 0 Å². The van der Waals surface area contributed by atoms with Crippen LogP contribution in [-0.2, 0) is 54.4 Å². The first-order valence-corrected chi connectivity index (χ1v) is 23.2. The molecule has 4 aromatic carbocycles. The number of H-pyrrole nitrogens is 1. The summed E-state index contributed by atoms with van der Waals surface area (Å²) in [5.74, 6) is -1.07. The minimum atomic E-state index is -1.02. The number of fused-ring (bicyclic) bond motifs is 1. The van der Waals surface area contributed by atoms with Crippen LogP contribution < -0.4 is 43.6 Å². The van der Waals surface area contributed by atoms with Crippen molar-refractivity contribution in [3.63, 3.8) is 0 Å². The molecule has 0 aliphatic heterocycles. The molecular formula is C53H70N8O8. The molecule has 0 aliphatic carbocycles. The molecule has 1 heterocycles. The van der Waals surface area contributed by atoms with Gasteiger partial charge in [-0.3, -0.25) is 14.4 Å². The Hall–Kier alpha value is -6.88.